The van der Waals surface area contributed by atoms with Gasteiger partial charge in [-0.25, -0.2) is 9.51 Å². The zero-order valence-electron chi connectivity index (χ0n) is 21.6. The van der Waals surface area contributed by atoms with E-state index in [1.807, 2.05) is 59.3 Å². The molecule has 3 aromatic rings. The topological polar surface area (TPSA) is 130 Å². The zero-order chi connectivity index (χ0) is 26.4. The van der Waals surface area contributed by atoms with Gasteiger partial charge in [-0.15, -0.1) is 5.10 Å². The molecule has 0 saturated carbocycles. The smallest absolute Gasteiger partial charge is 0.177 e. The second kappa shape index (κ2) is 11.7. The van der Waals surface area contributed by atoms with Gasteiger partial charge in [0.2, 0.25) is 0 Å². The third kappa shape index (κ3) is 6.16. The number of fused-ring (bicyclic) bond motifs is 1. The molecule has 2 heterocycles. The lowest BCUT2D eigenvalue weighted by atomic mass is 10.0. The minimum absolute atomic E-state index is 0.0694. The summed E-state index contributed by atoms with van der Waals surface area (Å²) in [5.41, 5.74) is 11.6. The van der Waals surface area contributed by atoms with Crippen LogP contribution in [-0.4, -0.2) is 77.9 Å². The monoisotopic (exact) mass is 501 g/mol. The molecule has 194 valence electrons. The molecule has 0 fully saturated rings. The number of aliphatic hydroxyl groups is 1. The van der Waals surface area contributed by atoms with E-state index < -0.39 is 0 Å². The Hall–Kier alpha value is -4.15. The summed E-state index contributed by atoms with van der Waals surface area (Å²) in [7, 11) is 4.11. The second-order valence-electron chi connectivity index (χ2n) is 9.01. The number of nitrogens with two attached hydrogens (primary N) is 1. The van der Waals surface area contributed by atoms with Crippen molar-refractivity contribution in [1.29, 1.82) is 5.41 Å². The van der Waals surface area contributed by atoms with Crippen molar-refractivity contribution in [3.63, 3.8) is 0 Å². The minimum Gasteiger partial charge on any atom is -0.397 e. The van der Waals surface area contributed by atoms with Gasteiger partial charge in [0.25, 0.3) is 0 Å². The van der Waals surface area contributed by atoms with Crippen LogP contribution in [0, 0.1) is 5.41 Å². The molecule has 0 radical (unpaired) electrons. The Morgan fingerprint density at radius 2 is 1.84 bits per heavy atom. The fourth-order valence-corrected chi connectivity index (χ4v) is 3.98. The molecule has 0 atom stereocenters. The molecule has 4 rings (SSSR count). The number of pyridine rings is 1. The lowest BCUT2D eigenvalue weighted by Gasteiger charge is -2.23. The summed E-state index contributed by atoms with van der Waals surface area (Å²) in [6, 6.07) is 13.6. The number of allylic oxidation sites excluding steroid dienone is 2. The fraction of sp³-hybridized carbons (Fsp3) is 0.296. The molecule has 0 amide bonds. The van der Waals surface area contributed by atoms with Gasteiger partial charge in [-0.3, -0.25) is 5.41 Å². The van der Waals surface area contributed by atoms with Crippen LogP contribution in [0.1, 0.15) is 6.92 Å². The maximum Gasteiger partial charge on any atom is 0.177 e. The highest BCUT2D eigenvalue weighted by atomic mass is 16.3. The van der Waals surface area contributed by atoms with Crippen LogP contribution in [0.2, 0.25) is 0 Å². The van der Waals surface area contributed by atoms with Gasteiger partial charge in [0.05, 0.1) is 34.9 Å². The minimum atomic E-state index is 0.0694. The van der Waals surface area contributed by atoms with Crippen LogP contribution in [0.15, 0.2) is 77.2 Å². The van der Waals surface area contributed by atoms with E-state index in [1.165, 1.54) is 0 Å². The number of aliphatic hydroxyl groups excluding tert-OH is 1. The molecule has 6 N–H and O–H groups in total. The van der Waals surface area contributed by atoms with E-state index in [0.29, 0.717) is 23.7 Å². The molecule has 10 nitrogen and oxygen atoms in total. The Balaban J connectivity index is 1.69. The molecule has 0 saturated heterocycles. The molecule has 2 aromatic heterocycles. The van der Waals surface area contributed by atoms with E-state index in [9.17, 15) is 0 Å². The van der Waals surface area contributed by atoms with E-state index in [4.69, 9.17) is 26.3 Å². The van der Waals surface area contributed by atoms with Gasteiger partial charge in [-0.05, 0) is 69.6 Å². The molecule has 1 aliphatic rings. The molecule has 0 spiro atoms. The van der Waals surface area contributed by atoms with Crippen LogP contribution in [0.3, 0.4) is 0 Å². The van der Waals surface area contributed by atoms with Crippen LogP contribution >= 0.6 is 0 Å². The largest absolute Gasteiger partial charge is 0.397 e. The first-order valence-electron chi connectivity index (χ1n) is 12.3. The van der Waals surface area contributed by atoms with Gasteiger partial charge in [0.1, 0.15) is 5.69 Å². The second-order valence-corrected chi connectivity index (χ2v) is 9.01. The maximum absolute atomic E-state index is 8.99. The molecule has 1 aliphatic carbocycles. The van der Waals surface area contributed by atoms with Crippen molar-refractivity contribution >= 4 is 39.8 Å². The van der Waals surface area contributed by atoms with Crippen LogP contribution in [-0.2, 0) is 0 Å². The van der Waals surface area contributed by atoms with E-state index in [-0.39, 0.29) is 12.3 Å². The summed E-state index contributed by atoms with van der Waals surface area (Å²) in [4.78, 5) is 9.36. The molecule has 1 aromatic carbocycles. The van der Waals surface area contributed by atoms with Crippen molar-refractivity contribution in [2.24, 2.45) is 10.7 Å². The van der Waals surface area contributed by atoms with Crippen molar-refractivity contribution in [3.05, 3.63) is 72.2 Å². The van der Waals surface area contributed by atoms with E-state index in [0.717, 1.165) is 48.0 Å². The summed E-state index contributed by atoms with van der Waals surface area (Å²) in [5, 5.41) is 28.7. The Bertz CT molecular complexity index is 1340. The van der Waals surface area contributed by atoms with Crippen molar-refractivity contribution < 1.29 is 5.11 Å². The predicted molar refractivity (Wildman–Crippen MR) is 152 cm³/mol. The number of nitrogens with one attached hydrogen (secondary N) is 3. The number of aromatic nitrogens is 2. The van der Waals surface area contributed by atoms with Crippen molar-refractivity contribution in [3.8, 4) is 0 Å². The van der Waals surface area contributed by atoms with Gasteiger partial charge < -0.3 is 31.3 Å². The summed E-state index contributed by atoms with van der Waals surface area (Å²) in [5.74, 6) is 0.797. The SMILES string of the molecule is CCN(CCN(C)C)c1nn2ccccc2c1/N=C1/C=C(Nc2ccc(NCCO)cc2)C(=N)C=C1N. The lowest BCUT2D eigenvalue weighted by Crippen LogP contribution is -2.32. The first-order chi connectivity index (χ1) is 17.9. The normalized spacial score (nSPS) is 14.7. The molecular weight excluding hydrogens is 466 g/mol. The summed E-state index contributed by atoms with van der Waals surface area (Å²) in [6.07, 6.45) is 5.34. The average molecular weight is 502 g/mol. The van der Waals surface area contributed by atoms with Gasteiger partial charge >= 0.3 is 0 Å². The molecule has 0 bridgehead atoms. The van der Waals surface area contributed by atoms with E-state index in [2.05, 4.69) is 41.5 Å². The fourth-order valence-electron chi connectivity index (χ4n) is 3.98. The molecule has 10 heteroatoms. The number of likely N-dealkylation sites (N-methyl/N-ethyl adjacent to an activating group) is 2. The zero-order valence-corrected chi connectivity index (χ0v) is 21.6. The van der Waals surface area contributed by atoms with Gasteiger partial charge in [0.15, 0.2) is 5.82 Å². The Morgan fingerprint density at radius 3 is 2.54 bits per heavy atom. The number of hydrogen-bond donors (Lipinski definition) is 5. The summed E-state index contributed by atoms with van der Waals surface area (Å²) in [6.45, 7) is 5.16. The number of benzene rings is 1. The highest BCUT2D eigenvalue weighted by Gasteiger charge is 2.21. The van der Waals surface area contributed by atoms with Crippen molar-refractivity contribution in [2.45, 2.75) is 6.92 Å². The summed E-state index contributed by atoms with van der Waals surface area (Å²) < 4.78 is 1.84. The van der Waals surface area contributed by atoms with Crippen LogP contribution in [0.4, 0.5) is 22.9 Å². The number of hydrogen-bond acceptors (Lipinski definition) is 9. The quantitative estimate of drug-likeness (QED) is 0.255. The molecular formula is C27H35N9O. The number of rotatable bonds is 11. The highest BCUT2D eigenvalue weighted by molar-refractivity contribution is 6.24. The summed E-state index contributed by atoms with van der Waals surface area (Å²) >= 11 is 0. The van der Waals surface area contributed by atoms with E-state index in [1.54, 1.807) is 6.08 Å². The standard InChI is InChI=1S/C27H35N9O/c1-4-35(15-14-34(2)3)27-26(25-7-5-6-13-36(25)33-27)32-24-18-23(21(28)17-22(24)29)31-20-10-8-19(9-11-20)30-12-16-37/h5-11,13,17-18,28,30-31,37H,4,12,14-16,29H2,1-3H3/b28-21?,32-24-. The number of anilines is 3. The predicted octanol–water partition coefficient (Wildman–Crippen LogP) is 3.07. The van der Waals surface area contributed by atoms with Gasteiger partial charge in [-0.1, -0.05) is 6.07 Å². The van der Waals surface area contributed by atoms with E-state index >= 15 is 0 Å². The Kier molecular flexibility index (Phi) is 8.22. The first-order valence-corrected chi connectivity index (χ1v) is 12.3. The van der Waals surface area contributed by atoms with Gasteiger partial charge in [-0.2, -0.15) is 0 Å². The Morgan fingerprint density at radius 1 is 1.08 bits per heavy atom. The van der Waals surface area contributed by atoms with Crippen LogP contribution in [0.25, 0.3) is 5.52 Å². The average Bonchev–Trinajstić information content (AvgIpc) is 3.24. The first kappa shape index (κ1) is 25.9. The maximum atomic E-state index is 8.99. The Labute approximate surface area is 217 Å². The van der Waals surface area contributed by atoms with Gasteiger partial charge in [0, 0.05) is 43.8 Å². The molecule has 0 aliphatic heterocycles. The van der Waals surface area contributed by atoms with Crippen molar-refractivity contribution in [1.82, 2.24) is 14.5 Å². The molecule has 37 heavy (non-hydrogen) atoms. The van der Waals surface area contributed by atoms with Crippen molar-refractivity contribution in [2.75, 3.05) is 62.4 Å². The highest BCUT2D eigenvalue weighted by Crippen LogP contribution is 2.33. The third-order valence-corrected chi connectivity index (χ3v) is 6.00. The number of nitrogens with zero attached hydrogens (tertiary/aromatic N) is 5. The van der Waals surface area contributed by atoms with Crippen LogP contribution in [0.5, 0.6) is 0 Å². The number of aliphatic imine (C=N–C) groups is 1. The lowest BCUT2D eigenvalue weighted by molar-refractivity contribution is 0.311. The third-order valence-electron chi connectivity index (χ3n) is 6.00. The molecule has 0 unspecified atom stereocenters. The van der Waals surface area contributed by atoms with Crippen LogP contribution < -0.4 is 21.3 Å².